The van der Waals surface area contributed by atoms with Gasteiger partial charge in [-0.3, -0.25) is 0 Å². The summed E-state index contributed by atoms with van der Waals surface area (Å²) in [7, 11) is 0. The molecule has 0 bridgehead atoms. The zero-order valence-corrected chi connectivity index (χ0v) is 5.35. The molecule has 0 aromatic rings. The van der Waals surface area contributed by atoms with Crippen molar-refractivity contribution < 1.29 is 0 Å². The highest BCUT2D eigenvalue weighted by Gasteiger charge is 2.10. The molecule has 0 heterocycles. The van der Waals surface area contributed by atoms with Crippen molar-refractivity contribution in [2.75, 3.05) is 0 Å². The van der Waals surface area contributed by atoms with E-state index in [2.05, 4.69) is 18.2 Å². The van der Waals surface area contributed by atoms with Crippen LogP contribution in [0.1, 0.15) is 19.3 Å². The predicted molar refractivity (Wildman–Crippen MR) is 37.8 cm³/mol. The van der Waals surface area contributed by atoms with Gasteiger partial charge in [-0.15, -0.1) is 0 Å². The van der Waals surface area contributed by atoms with Gasteiger partial charge >= 0.3 is 0 Å². The predicted octanol–water partition coefficient (Wildman–Crippen LogP) is 2.40. The van der Waals surface area contributed by atoms with Crippen LogP contribution in [0.2, 0.25) is 0 Å². The van der Waals surface area contributed by atoms with Crippen molar-refractivity contribution >= 4 is 0 Å². The Morgan fingerprint density at radius 1 is 1.33 bits per heavy atom. The Morgan fingerprint density at radius 3 is 3.22 bits per heavy atom. The lowest BCUT2D eigenvalue weighted by Crippen LogP contribution is -1.85. The first-order valence-electron chi connectivity index (χ1n) is 3.42. The summed E-state index contributed by atoms with van der Waals surface area (Å²) >= 11 is 0. The molecule has 0 unspecified atom stereocenters. The maximum Gasteiger partial charge on any atom is -0.00234 e. The van der Waals surface area contributed by atoms with Crippen molar-refractivity contribution in [1.29, 1.82) is 0 Å². The number of hydrogen-bond acceptors (Lipinski definition) is 0. The molecule has 0 saturated heterocycles. The van der Waals surface area contributed by atoms with E-state index in [0.717, 1.165) is 6.42 Å². The van der Waals surface area contributed by atoms with E-state index in [1.54, 1.807) is 0 Å². The summed E-state index contributed by atoms with van der Waals surface area (Å²) in [5.74, 6) is 0. The Hall–Kier alpha value is -0.780. The third-order valence-electron chi connectivity index (χ3n) is 1.91. The minimum atomic E-state index is 1.05. The Labute approximate surface area is 55.6 Å². The molecule has 0 nitrogen and oxygen atoms in total. The van der Waals surface area contributed by atoms with Crippen LogP contribution in [-0.4, -0.2) is 0 Å². The van der Waals surface area contributed by atoms with Crippen LogP contribution in [0.3, 0.4) is 0 Å². The molecule has 0 aromatic carbocycles. The number of rotatable bonds is 0. The molecule has 0 fully saturated rings. The van der Waals surface area contributed by atoms with Gasteiger partial charge < -0.3 is 0 Å². The second-order valence-corrected chi connectivity index (χ2v) is 2.51. The van der Waals surface area contributed by atoms with Gasteiger partial charge in [0.25, 0.3) is 0 Å². The Bertz CT molecular complexity index is 204. The van der Waals surface area contributed by atoms with Gasteiger partial charge in [-0.2, -0.15) is 0 Å². The van der Waals surface area contributed by atoms with E-state index in [0.29, 0.717) is 0 Å². The molecule has 2 aliphatic rings. The normalized spacial score (nSPS) is 23.1. The van der Waals surface area contributed by atoms with Crippen LogP contribution in [0.25, 0.3) is 0 Å². The topological polar surface area (TPSA) is 0 Å². The quantitative estimate of drug-likeness (QED) is 0.457. The molecule has 0 saturated carbocycles. The summed E-state index contributed by atoms with van der Waals surface area (Å²) in [4.78, 5) is 0. The summed E-state index contributed by atoms with van der Waals surface area (Å²) in [6.07, 6.45) is 13.3. The maximum absolute atomic E-state index is 3.19. The molecule has 0 N–H and O–H groups in total. The summed E-state index contributed by atoms with van der Waals surface area (Å²) < 4.78 is 0. The summed E-state index contributed by atoms with van der Waals surface area (Å²) in [6, 6.07) is 0. The summed E-state index contributed by atoms with van der Waals surface area (Å²) in [5.41, 5.74) is 3.05. The van der Waals surface area contributed by atoms with Gasteiger partial charge in [0.2, 0.25) is 0 Å². The summed E-state index contributed by atoms with van der Waals surface area (Å²) in [6.45, 7) is 0. The summed E-state index contributed by atoms with van der Waals surface area (Å²) in [5, 5.41) is 0. The van der Waals surface area contributed by atoms with Gasteiger partial charge in [0.15, 0.2) is 0 Å². The molecule has 0 atom stereocenters. The minimum absolute atomic E-state index is 1.05. The Balaban J connectivity index is 2.37. The van der Waals surface area contributed by atoms with E-state index in [1.807, 2.05) is 6.08 Å². The van der Waals surface area contributed by atoms with E-state index in [4.69, 9.17) is 0 Å². The zero-order chi connectivity index (χ0) is 6.10. The average Bonchev–Trinajstić information content (AvgIpc) is 2.33. The molecule has 45 valence electrons. The fourth-order valence-electron chi connectivity index (χ4n) is 1.40. The Morgan fingerprint density at radius 2 is 2.33 bits per heavy atom. The second-order valence-electron chi connectivity index (χ2n) is 2.51. The average molecular weight is 117 g/mol. The molecule has 1 radical (unpaired) electrons. The number of allylic oxidation sites excluding steroid dienone is 6. The number of hydrogen-bond donors (Lipinski definition) is 0. The van der Waals surface area contributed by atoms with Crippen molar-refractivity contribution in [3.05, 3.63) is 35.5 Å². The van der Waals surface area contributed by atoms with Crippen molar-refractivity contribution in [2.24, 2.45) is 0 Å². The molecule has 0 aliphatic heterocycles. The van der Waals surface area contributed by atoms with Gasteiger partial charge in [0, 0.05) is 0 Å². The lowest BCUT2D eigenvalue weighted by atomic mass is 10.0. The first kappa shape index (κ1) is 5.04. The highest BCUT2D eigenvalue weighted by Crippen LogP contribution is 2.29. The van der Waals surface area contributed by atoms with Crippen LogP contribution in [-0.2, 0) is 0 Å². The minimum Gasteiger partial charge on any atom is -0.0804 e. The van der Waals surface area contributed by atoms with E-state index in [1.165, 1.54) is 24.0 Å². The van der Waals surface area contributed by atoms with Crippen LogP contribution >= 0.6 is 0 Å². The van der Waals surface area contributed by atoms with Crippen LogP contribution < -0.4 is 0 Å². The standard InChI is InChI=1S/C9H9/c1-2-5-9-7-3-6-8(9)4-1/h1,4,7H,3,5-6H2. The van der Waals surface area contributed by atoms with Gasteiger partial charge in [0.1, 0.15) is 0 Å². The van der Waals surface area contributed by atoms with E-state index >= 15 is 0 Å². The Kier molecular flexibility index (Phi) is 1.05. The largest absolute Gasteiger partial charge is 0.0804 e. The van der Waals surface area contributed by atoms with E-state index < -0.39 is 0 Å². The second kappa shape index (κ2) is 1.87. The molecule has 9 heavy (non-hydrogen) atoms. The monoisotopic (exact) mass is 117 g/mol. The lowest BCUT2D eigenvalue weighted by molar-refractivity contribution is 1.04. The lowest BCUT2D eigenvalue weighted by Gasteiger charge is -2.03. The highest BCUT2D eigenvalue weighted by atomic mass is 14.2. The number of fused-ring (bicyclic) bond motifs is 1. The van der Waals surface area contributed by atoms with Gasteiger partial charge in [-0.05, 0) is 36.5 Å². The van der Waals surface area contributed by atoms with E-state index in [-0.39, 0.29) is 0 Å². The third kappa shape index (κ3) is 0.748. The molecular weight excluding hydrogens is 108 g/mol. The van der Waals surface area contributed by atoms with Crippen LogP contribution in [0, 0.1) is 6.08 Å². The molecule has 0 heteroatoms. The fourth-order valence-corrected chi connectivity index (χ4v) is 1.40. The first-order valence-corrected chi connectivity index (χ1v) is 3.42. The highest BCUT2D eigenvalue weighted by molar-refractivity contribution is 5.41. The molecule has 0 spiro atoms. The van der Waals surface area contributed by atoms with Crippen molar-refractivity contribution in [1.82, 2.24) is 0 Å². The van der Waals surface area contributed by atoms with Gasteiger partial charge in [0.05, 0.1) is 0 Å². The fraction of sp³-hybridized carbons (Fsp3) is 0.333. The van der Waals surface area contributed by atoms with Crippen molar-refractivity contribution in [2.45, 2.75) is 19.3 Å². The molecule has 0 amide bonds. The van der Waals surface area contributed by atoms with Crippen molar-refractivity contribution in [3.63, 3.8) is 0 Å². The SMILES string of the molecule is [C]1=CC=C2CCC=C2C1. The van der Waals surface area contributed by atoms with E-state index in [9.17, 15) is 0 Å². The third-order valence-corrected chi connectivity index (χ3v) is 1.91. The van der Waals surface area contributed by atoms with Crippen LogP contribution in [0.5, 0.6) is 0 Å². The molecule has 2 aliphatic carbocycles. The molecular formula is C9H9. The van der Waals surface area contributed by atoms with Crippen molar-refractivity contribution in [3.8, 4) is 0 Å². The smallest absolute Gasteiger partial charge is 0.00234 e. The first-order chi connectivity index (χ1) is 4.47. The van der Waals surface area contributed by atoms with Gasteiger partial charge in [-0.1, -0.05) is 18.2 Å². The molecule has 2 rings (SSSR count). The zero-order valence-electron chi connectivity index (χ0n) is 5.35. The van der Waals surface area contributed by atoms with Crippen LogP contribution in [0.15, 0.2) is 29.4 Å². The van der Waals surface area contributed by atoms with Crippen LogP contribution in [0.4, 0.5) is 0 Å². The maximum atomic E-state index is 3.19. The van der Waals surface area contributed by atoms with Gasteiger partial charge in [-0.25, -0.2) is 0 Å². The molecule has 0 aromatic heterocycles.